The van der Waals surface area contributed by atoms with Crippen LogP contribution in [0.25, 0.3) is 0 Å². The molecule has 1 saturated heterocycles. The van der Waals surface area contributed by atoms with Crippen LogP contribution < -0.4 is 5.32 Å². The fraction of sp³-hybridized carbons (Fsp3) is 0.471. The monoisotopic (exact) mass is 286 g/mol. The molecule has 21 heavy (non-hydrogen) atoms. The van der Waals surface area contributed by atoms with Crippen molar-refractivity contribution in [2.75, 3.05) is 19.7 Å². The average Bonchev–Trinajstić information content (AvgIpc) is 2.50. The Bertz CT molecular complexity index is 528. The van der Waals surface area contributed by atoms with E-state index in [0.29, 0.717) is 6.42 Å². The molecule has 0 aliphatic carbocycles. The molecule has 4 nitrogen and oxygen atoms in total. The zero-order valence-electron chi connectivity index (χ0n) is 12.4. The van der Waals surface area contributed by atoms with Gasteiger partial charge in [0.2, 0.25) is 5.91 Å². The quantitative estimate of drug-likeness (QED) is 0.816. The number of carbonyl (C=O) groups is 1. The summed E-state index contributed by atoms with van der Waals surface area (Å²) in [5.41, 5.74) is 2.14. The molecule has 4 heteroatoms. The Labute approximate surface area is 126 Å². The normalized spacial score (nSPS) is 18.8. The summed E-state index contributed by atoms with van der Waals surface area (Å²) in [6.45, 7) is 4.54. The van der Waals surface area contributed by atoms with Crippen LogP contribution in [0.2, 0.25) is 0 Å². The molecule has 1 atom stereocenters. The fourth-order valence-corrected chi connectivity index (χ4v) is 2.54. The topological polar surface area (TPSA) is 52.6 Å². The van der Waals surface area contributed by atoms with Crippen molar-refractivity contribution in [3.63, 3.8) is 0 Å². The second-order valence-electron chi connectivity index (χ2n) is 5.16. The van der Waals surface area contributed by atoms with Crippen LogP contribution in [0.5, 0.6) is 0 Å². The molecule has 1 unspecified atom stereocenters. The van der Waals surface area contributed by atoms with Gasteiger partial charge in [-0.05, 0) is 24.1 Å². The van der Waals surface area contributed by atoms with E-state index in [1.54, 1.807) is 0 Å². The third-order valence-electron chi connectivity index (χ3n) is 3.64. The van der Waals surface area contributed by atoms with E-state index < -0.39 is 0 Å². The van der Waals surface area contributed by atoms with Crippen molar-refractivity contribution in [2.45, 2.75) is 32.4 Å². The molecule has 1 heterocycles. The van der Waals surface area contributed by atoms with Gasteiger partial charge in [-0.2, -0.15) is 0 Å². The lowest BCUT2D eigenvalue weighted by atomic mass is 10.1. The maximum atomic E-state index is 11.8. The van der Waals surface area contributed by atoms with Crippen LogP contribution in [0.15, 0.2) is 24.3 Å². The number of piperazine rings is 1. The molecule has 2 rings (SSSR count). The summed E-state index contributed by atoms with van der Waals surface area (Å²) < 4.78 is 0. The first-order chi connectivity index (χ1) is 10.2. The Balaban J connectivity index is 1.99. The molecule has 0 spiro atoms. The summed E-state index contributed by atoms with van der Waals surface area (Å²) >= 11 is 0. The minimum absolute atomic E-state index is 0.0252. The highest BCUT2D eigenvalue weighted by molar-refractivity contribution is 5.82. The lowest BCUT2D eigenvalue weighted by Crippen LogP contribution is -2.54. The van der Waals surface area contributed by atoms with E-state index in [-0.39, 0.29) is 18.6 Å². The molecule has 1 aromatic rings. The van der Waals surface area contributed by atoms with Crippen LogP contribution in [0.4, 0.5) is 0 Å². The minimum atomic E-state index is -0.0252. The number of hydrogen-bond donors (Lipinski definition) is 2. The lowest BCUT2D eigenvalue weighted by molar-refractivity contribution is -0.129. The highest BCUT2D eigenvalue weighted by atomic mass is 16.2. The van der Waals surface area contributed by atoms with E-state index >= 15 is 0 Å². The number of hydrogen-bond acceptors (Lipinski definition) is 3. The van der Waals surface area contributed by atoms with Crippen LogP contribution in [0.1, 0.15) is 30.9 Å². The third kappa shape index (κ3) is 4.32. The highest BCUT2D eigenvalue weighted by Gasteiger charge is 2.27. The lowest BCUT2D eigenvalue weighted by Gasteiger charge is -2.34. The van der Waals surface area contributed by atoms with E-state index in [1.807, 2.05) is 19.1 Å². The molecule has 2 N–H and O–H groups in total. The van der Waals surface area contributed by atoms with Crippen molar-refractivity contribution >= 4 is 5.91 Å². The SMILES string of the molecule is CCC1C(=O)NCCN1Cc1ccc(C#CCCO)cc1. The Morgan fingerprint density at radius 3 is 2.81 bits per heavy atom. The maximum Gasteiger partial charge on any atom is 0.237 e. The van der Waals surface area contributed by atoms with Crippen LogP contribution >= 0.6 is 0 Å². The fourth-order valence-electron chi connectivity index (χ4n) is 2.54. The van der Waals surface area contributed by atoms with Gasteiger partial charge in [0, 0.05) is 31.6 Å². The first-order valence-electron chi connectivity index (χ1n) is 7.45. The second kappa shape index (κ2) is 7.82. The van der Waals surface area contributed by atoms with Gasteiger partial charge in [0.25, 0.3) is 0 Å². The molecule has 1 aliphatic heterocycles. The number of aliphatic hydroxyl groups excluding tert-OH is 1. The highest BCUT2D eigenvalue weighted by Crippen LogP contribution is 2.14. The number of nitrogens with zero attached hydrogens (tertiary/aromatic N) is 1. The van der Waals surface area contributed by atoms with Gasteiger partial charge < -0.3 is 10.4 Å². The Morgan fingerprint density at radius 2 is 2.14 bits per heavy atom. The zero-order valence-corrected chi connectivity index (χ0v) is 12.4. The van der Waals surface area contributed by atoms with Gasteiger partial charge in [-0.3, -0.25) is 9.69 Å². The first-order valence-corrected chi connectivity index (χ1v) is 7.45. The van der Waals surface area contributed by atoms with Crippen LogP contribution in [-0.2, 0) is 11.3 Å². The Kier molecular flexibility index (Phi) is 5.79. The minimum Gasteiger partial charge on any atom is -0.395 e. The van der Waals surface area contributed by atoms with E-state index in [2.05, 4.69) is 34.2 Å². The van der Waals surface area contributed by atoms with Crippen molar-refractivity contribution < 1.29 is 9.90 Å². The maximum absolute atomic E-state index is 11.8. The summed E-state index contributed by atoms with van der Waals surface area (Å²) in [7, 11) is 0. The Morgan fingerprint density at radius 1 is 1.38 bits per heavy atom. The largest absolute Gasteiger partial charge is 0.395 e. The van der Waals surface area contributed by atoms with Gasteiger partial charge in [0.1, 0.15) is 0 Å². The number of amides is 1. The predicted molar refractivity (Wildman–Crippen MR) is 82.5 cm³/mol. The van der Waals surface area contributed by atoms with Crippen molar-refractivity contribution in [1.29, 1.82) is 0 Å². The Hall–Kier alpha value is -1.83. The number of benzene rings is 1. The van der Waals surface area contributed by atoms with E-state index in [0.717, 1.165) is 31.6 Å². The van der Waals surface area contributed by atoms with Gasteiger partial charge in [0.05, 0.1) is 12.6 Å². The third-order valence-corrected chi connectivity index (χ3v) is 3.64. The number of nitrogens with one attached hydrogen (secondary N) is 1. The smallest absolute Gasteiger partial charge is 0.237 e. The molecule has 0 bridgehead atoms. The van der Waals surface area contributed by atoms with Crippen molar-refractivity contribution in [3.05, 3.63) is 35.4 Å². The average molecular weight is 286 g/mol. The molecule has 1 aliphatic rings. The summed E-state index contributed by atoms with van der Waals surface area (Å²) in [6.07, 6.45) is 1.33. The first kappa shape index (κ1) is 15.6. The summed E-state index contributed by atoms with van der Waals surface area (Å²) in [6, 6.07) is 8.07. The summed E-state index contributed by atoms with van der Waals surface area (Å²) in [4.78, 5) is 14.1. The summed E-state index contributed by atoms with van der Waals surface area (Å²) in [5.74, 6) is 6.06. The van der Waals surface area contributed by atoms with Gasteiger partial charge in [-0.15, -0.1) is 0 Å². The zero-order chi connectivity index (χ0) is 15.1. The standard InChI is InChI=1S/C17H22N2O2/c1-2-16-17(21)18-10-11-19(16)13-15-8-6-14(7-9-15)5-3-4-12-20/h6-9,16,20H,2,4,10-13H2,1H3,(H,18,21). The van der Waals surface area contributed by atoms with Gasteiger partial charge >= 0.3 is 0 Å². The van der Waals surface area contributed by atoms with Gasteiger partial charge in [0.15, 0.2) is 0 Å². The van der Waals surface area contributed by atoms with E-state index in [9.17, 15) is 4.79 Å². The molecular formula is C17H22N2O2. The molecule has 112 valence electrons. The van der Waals surface area contributed by atoms with Crippen LogP contribution in [-0.4, -0.2) is 41.7 Å². The number of rotatable bonds is 4. The van der Waals surface area contributed by atoms with Crippen molar-refractivity contribution in [2.24, 2.45) is 0 Å². The molecule has 0 saturated carbocycles. The van der Waals surface area contributed by atoms with Crippen LogP contribution in [0, 0.1) is 11.8 Å². The van der Waals surface area contributed by atoms with E-state index in [4.69, 9.17) is 5.11 Å². The van der Waals surface area contributed by atoms with Crippen molar-refractivity contribution in [1.82, 2.24) is 10.2 Å². The molecule has 1 aromatic carbocycles. The van der Waals surface area contributed by atoms with Crippen LogP contribution in [0.3, 0.4) is 0 Å². The molecule has 1 amide bonds. The van der Waals surface area contributed by atoms with Crippen molar-refractivity contribution in [3.8, 4) is 11.8 Å². The molecular weight excluding hydrogens is 264 g/mol. The summed E-state index contributed by atoms with van der Waals surface area (Å²) in [5, 5.41) is 11.6. The molecule has 1 fully saturated rings. The molecule has 0 radical (unpaired) electrons. The number of aliphatic hydroxyl groups is 1. The second-order valence-corrected chi connectivity index (χ2v) is 5.16. The van der Waals surface area contributed by atoms with Gasteiger partial charge in [-0.1, -0.05) is 30.9 Å². The number of carbonyl (C=O) groups excluding carboxylic acids is 1. The van der Waals surface area contributed by atoms with Gasteiger partial charge in [-0.25, -0.2) is 0 Å². The predicted octanol–water partition coefficient (Wildman–Crippen LogP) is 1.13. The van der Waals surface area contributed by atoms with E-state index in [1.165, 1.54) is 5.56 Å². The molecule has 0 aromatic heterocycles.